The summed E-state index contributed by atoms with van der Waals surface area (Å²) in [7, 11) is 0. The van der Waals surface area contributed by atoms with E-state index in [1.807, 2.05) is 0 Å². The second-order valence-electron chi connectivity index (χ2n) is 9.92. The fourth-order valence-corrected chi connectivity index (χ4v) is 7.06. The Labute approximate surface area is 184 Å². The third-order valence-electron chi connectivity index (χ3n) is 8.76. The fraction of sp³-hybridized carbons (Fsp3) is 0.833. The monoisotopic (exact) mass is 432 g/mol. The van der Waals surface area contributed by atoms with Gasteiger partial charge in [0.15, 0.2) is 0 Å². The maximum Gasteiger partial charge on any atom is 0.235 e. The first-order valence-corrected chi connectivity index (χ1v) is 12.2. The van der Waals surface area contributed by atoms with E-state index in [0.717, 1.165) is 38.5 Å². The standard InChI is InChI=1S/C24H36N2O5/c1-5-13-9-14(6-2)18-17(13)21(27)25(22(18)28)11-31-12-26-23(29)19-15(7-3)10-16(8-4)20(19)24(26)30/h13-20H,5-12H2,1-4H3. The lowest BCUT2D eigenvalue weighted by Gasteiger charge is -2.23. The molecule has 0 aromatic rings. The van der Waals surface area contributed by atoms with E-state index in [-0.39, 0.29) is 84.4 Å². The lowest BCUT2D eigenvalue weighted by atomic mass is 9.88. The van der Waals surface area contributed by atoms with Crippen LogP contribution in [0.15, 0.2) is 0 Å². The molecule has 4 aliphatic rings. The van der Waals surface area contributed by atoms with Crippen molar-refractivity contribution < 1.29 is 23.9 Å². The van der Waals surface area contributed by atoms with E-state index >= 15 is 0 Å². The summed E-state index contributed by atoms with van der Waals surface area (Å²) in [6.45, 7) is 7.93. The van der Waals surface area contributed by atoms with Gasteiger partial charge in [0.2, 0.25) is 23.6 Å². The first-order valence-electron chi connectivity index (χ1n) is 12.2. The Bertz CT molecular complexity index is 649. The zero-order valence-corrected chi connectivity index (χ0v) is 19.2. The van der Waals surface area contributed by atoms with Crippen LogP contribution in [0.5, 0.6) is 0 Å². The highest BCUT2D eigenvalue weighted by Gasteiger charge is 2.59. The molecule has 31 heavy (non-hydrogen) atoms. The highest BCUT2D eigenvalue weighted by atomic mass is 16.5. The van der Waals surface area contributed by atoms with Gasteiger partial charge in [-0.15, -0.1) is 0 Å². The second kappa shape index (κ2) is 8.64. The zero-order valence-electron chi connectivity index (χ0n) is 19.2. The van der Waals surface area contributed by atoms with Crippen molar-refractivity contribution in [2.24, 2.45) is 47.3 Å². The van der Waals surface area contributed by atoms with Crippen LogP contribution in [-0.4, -0.2) is 46.9 Å². The van der Waals surface area contributed by atoms with Crippen LogP contribution in [0.1, 0.15) is 66.2 Å². The summed E-state index contributed by atoms with van der Waals surface area (Å²) in [6.07, 6.45) is 5.44. The lowest BCUT2D eigenvalue weighted by Crippen LogP contribution is -2.40. The number of nitrogens with zero attached hydrogens (tertiary/aromatic N) is 2. The molecule has 0 spiro atoms. The number of carbonyl (C=O) groups is 4. The van der Waals surface area contributed by atoms with Crippen molar-refractivity contribution in [1.29, 1.82) is 0 Å². The average molecular weight is 433 g/mol. The molecule has 172 valence electrons. The van der Waals surface area contributed by atoms with Crippen molar-refractivity contribution in [2.45, 2.75) is 66.2 Å². The van der Waals surface area contributed by atoms with Gasteiger partial charge in [0.05, 0.1) is 23.7 Å². The topological polar surface area (TPSA) is 84.0 Å². The van der Waals surface area contributed by atoms with Crippen molar-refractivity contribution in [3.05, 3.63) is 0 Å². The molecule has 8 unspecified atom stereocenters. The SMILES string of the molecule is CCC1CC(CC)C2C(=O)N(COCN3C(=O)C4C(CC)CC(CC)C4C3=O)C(=O)C12. The number of likely N-dealkylation sites (tertiary alicyclic amines) is 2. The molecule has 0 bridgehead atoms. The Morgan fingerprint density at radius 1 is 0.581 bits per heavy atom. The zero-order chi connectivity index (χ0) is 22.4. The van der Waals surface area contributed by atoms with E-state index in [2.05, 4.69) is 27.7 Å². The summed E-state index contributed by atoms with van der Waals surface area (Å²) >= 11 is 0. The van der Waals surface area contributed by atoms with Crippen molar-refractivity contribution >= 4 is 23.6 Å². The molecule has 7 nitrogen and oxygen atoms in total. The summed E-state index contributed by atoms with van der Waals surface area (Å²) in [5.74, 6) is -0.569. The molecule has 2 aliphatic heterocycles. The highest BCUT2D eigenvalue weighted by molar-refractivity contribution is 6.06. The summed E-state index contributed by atoms with van der Waals surface area (Å²) < 4.78 is 5.66. The van der Waals surface area contributed by atoms with E-state index in [4.69, 9.17) is 4.74 Å². The van der Waals surface area contributed by atoms with Gasteiger partial charge in [0.25, 0.3) is 0 Å². The number of ether oxygens (including phenoxy) is 1. The molecule has 4 fully saturated rings. The molecule has 4 rings (SSSR count). The Morgan fingerprint density at radius 2 is 0.839 bits per heavy atom. The molecule has 8 atom stereocenters. The third-order valence-corrected chi connectivity index (χ3v) is 8.76. The van der Waals surface area contributed by atoms with Crippen molar-refractivity contribution in [1.82, 2.24) is 9.80 Å². The Kier molecular flexibility index (Phi) is 6.25. The smallest absolute Gasteiger partial charge is 0.235 e. The second-order valence-corrected chi connectivity index (χ2v) is 9.92. The molecule has 7 heteroatoms. The van der Waals surface area contributed by atoms with Gasteiger partial charge in [-0.2, -0.15) is 0 Å². The maximum atomic E-state index is 13.0. The Hall–Kier alpha value is -1.76. The maximum absolute atomic E-state index is 13.0. The molecular weight excluding hydrogens is 396 g/mol. The van der Waals surface area contributed by atoms with Crippen LogP contribution in [0.3, 0.4) is 0 Å². The number of hydrogen-bond acceptors (Lipinski definition) is 5. The molecule has 4 amide bonds. The fourth-order valence-electron chi connectivity index (χ4n) is 7.06. The van der Waals surface area contributed by atoms with Gasteiger partial charge < -0.3 is 4.74 Å². The number of carbonyl (C=O) groups excluding carboxylic acids is 4. The molecule has 2 heterocycles. The van der Waals surface area contributed by atoms with Gasteiger partial charge in [-0.3, -0.25) is 29.0 Å². The van der Waals surface area contributed by atoms with Crippen LogP contribution in [0, 0.1) is 47.3 Å². The average Bonchev–Trinajstić information content (AvgIpc) is 3.46. The Morgan fingerprint density at radius 3 is 1.06 bits per heavy atom. The van der Waals surface area contributed by atoms with Crippen LogP contribution in [0.2, 0.25) is 0 Å². The van der Waals surface area contributed by atoms with Crippen LogP contribution in [0.4, 0.5) is 0 Å². The van der Waals surface area contributed by atoms with Gasteiger partial charge in [0, 0.05) is 0 Å². The summed E-state index contributed by atoms with van der Waals surface area (Å²) in [5, 5.41) is 0. The number of hydrogen-bond donors (Lipinski definition) is 0. The minimum Gasteiger partial charge on any atom is -0.340 e. The third kappa shape index (κ3) is 3.35. The molecular formula is C24H36N2O5. The molecule has 0 N–H and O–H groups in total. The summed E-state index contributed by atoms with van der Waals surface area (Å²) in [6, 6.07) is 0. The van der Waals surface area contributed by atoms with Crippen molar-refractivity contribution in [3.63, 3.8) is 0 Å². The van der Waals surface area contributed by atoms with E-state index in [1.54, 1.807) is 0 Å². The van der Waals surface area contributed by atoms with E-state index in [9.17, 15) is 19.2 Å². The Balaban J connectivity index is 1.40. The van der Waals surface area contributed by atoms with E-state index < -0.39 is 0 Å². The largest absolute Gasteiger partial charge is 0.340 e. The number of amides is 4. The molecule has 2 saturated carbocycles. The molecule has 2 aliphatic carbocycles. The van der Waals surface area contributed by atoms with Crippen LogP contribution >= 0.6 is 0 Å². The van der Waals surface area contributed by atoms with Crippen LogP contribution in [0.25, 0.3) is 0 Å². The molecule has 0 radical (unpaired) electrons. The van der Waals surface area contributed by atoms with Gasteiger partial charge in [-0.1, -0.05) is 53.4 Å². The first kappa shape index (κ1) is 22.4. The number of imide groups is 2. The summed E-state index contributed by atoms with van der Waals surface area (Å²) in [5.41, 5.74) is 0. The number of rotatable bonds is 8. The van der Waals surface area contributed by atoms with E-state index in [0.29, 0.717) is 0 Å². The molecule has 0 aromatic heterocycles. The summed E-state index contributed by atoms with van der Waals surface area (Å²) in [4.78, 5) is 54.4. The predicted molar refractivity (Wildman–Crippen MR) is 113 cm³/mol. The highest BCUT2D eigenvalue weighted by Crippen LogP contribution is 2.51. The molecule has 2 saturated heterocycles. The van der Waals surface area contributed by atoms with Crippen LogP contribution < -0.4 is 0 Å². The van der Waals surface area contributed by atoms with Gasteiger partial charge in [0.1, 0.15) is 13.5 Å². The van der Waals surface area contributed by atoms with Crippen LogP contribution in [-0.2, 0) is 23.9 Å². The lowest BCUT2D eigenvalue weighted by molar-refractivity contribution is -0.154. The minimum absolute atomic E-state index is 0.147. The minimum atomic E-state index is -0.240. The molecule has 0 aromatic carbocycles. The van der Waals surface area contributed by atoms with E-state index in [1.165, 1.54) is 9.80 Å². The van der Waals surface area contributed by atoms with Gasteiger partial charge in [-0.05, 0) is 36.5 Å². The quantitative estimate of drug-likeness (QED) is 0.551. The van der Waals surface area contributed by atoms with Gasteiger partial charge in [-0.25, -0.2) is 0 Å². The van der Waals surface area contributed by atoms with Gasteiger partial charge >= 0.3 is 0 Å². The normalized spacial score (nSPS) is 39.7. The van der Waals surface area contributed by atoms with Crippen molar-refractivity contribution in [2.75, 3.05) is 13.5 Å². The predicted octanol–water partition coefficient (Wildman–Crippen LogP) is 3.03. The number of fused-ring (bicyclic) bond motifs is 2. The van der Waals surface area contributed by atoms with Crippen molar-refractivity contribution in [3.8, 4) is 0 Å². The first-order chi connectivity index (χ1) is 14.9.